The molecule has 0 aliphatic heterocycles. The summed E-state index contributed by atoms with van der Waals surface area (Å²) in [7, 11) is 3.18. The average Bonchev–Trinajstić information content (AvgIpc) is 2.36. The van der Waals surface area contributed by atoms with E-state index in [2.05, 4.69) is 19.2 Å². The second-order valence-corrected chi connectivity index (χ2v) is 4.67. The maximum Gasteiger partial charge on any atom is 0.161 e. The van der Waals surface area contributed by atoms with Crippen LogP contribution in [0.15, 0.2) is 18.2 Å². The minimum Gasteiger partial charge on any atom is -0.493 e. The van der Waals surface area contributed by atoms with Crippen LogP contribution >= 0.6 is 0 Å². The largest absolute Gasteiger partial charge is 0.493 e. The standard InChI is InChI=1S/C14H23NO3/c1-9(2)15-10(3)14(16)11-6-7-12(17-4)13(8-11)18-5/h6-10,14-16H,1-5H3. The van der Waals surface area contributed by atoms with Crippen molar-refractivity contribution in [3.63, 3.8) is 0 Å². The summed E-state index contributed by atoms with van der Waals surface area (Å²) in [6, 6.07) is 5.77. The van der Waals surface area contributed by atoms with E-state index in [-0.39, 0.29) is 6.04 Å². The molecule has 4 heteroatoms. The Morgan fingerprint density at radius 3 is 2.17 bits per heavy atom. The van der Waals surface area contributed by atoms with Crippen molar-refractivity contribution in [3.8, 4) is 11.5 Å². The monoisotopic (exact) mass is 253 g/mol. The molecular formula is C14H23NO3. The molecule has 0 fully saturated rings. The maximum atomic E-state index is 10.3. The quantitative estimate of drug-likeness (QED) is 0.815. The number of rotatable bonds is 6. The first kappa shape index (κ1) is 14.8. The molecule has 0 bridgehead atoms. The van der Waals surface area contributed by atoms with Crippen molar-refractivity contribution in [2.24, 2.45) is 0 Å². The third-order valence-corrected chi connectivity index (χ3v) is 2.82. The lowest BCUT2D eigenvalue weighted by molar-refractivity contribution is 0.131. The summed E-state index contributed by atoms with van der Waals surface area (Å²) < 4.78 is 10.4. The molecule has 18 heavy (non-hydrogen) atoms. The highest BCUT2D eigenvalue weighted by molar-refractivity contribution is 5.43. The lowest BCUT2D eigenvalue weighted by Gasteiger charge is -2.23. The van der Waals surface area contributed by atoms with Gasteiger partial charge in [0.15, 0.2) is 11.5 Å². The first-order valence-corrected chi connectivity index (χ1v) is 6.15. The van der Waals surface area contributed by atoms with E-state index in [0.717, 1.165) is 5.56 Å². The average molecular weight is 253 g/mol. The van der Waals surface area contributed by atoms with E-state index < -0.39 is 6.10 Å². The summed E-state index contributed by atoms with van der Waals surface area (Å²) in [4.78, 5) is 0. The molecule has 1 aromatic rings. The fourth-order valence-electron chi connectivity index (χ4n) is 1.94. The predicted molar refractivity (Wildman–Crippen MR) is 72.2 cm³/mol. The number of hydrogen-bond acceptors (Lipinski definition) is 4. The Balaban J connectivity index is 2.89. The molecule has 0 saturated carbocycles. The van der Waals surface area contributed by atoms with Gasteiger partial charge in [0.1, 0.15) is 0 Å². The van der Waals surface area contributed by atoms with Crippen LogP contribution in [-0.2, 0) is 0 Å². The van der Waals surface area contributed by atoms with Crippen LogP contribution in [0.4, 0.5) is 0 Å². The van der Waals surface area contributed by atoms with Crippen LogP contribution in [0.1, 0.15) is 32.4 Å². The van der Waals surface area contributed by atoms with E-state index in [4.69, 9.17) is 9.47 Å². The third kappa shape index (κ3) is 3.62. The van der Waals surface area contributed by atoms with E-state index in [1.165, 1.54) is 0 Å². The van der Waals surface area contributed by atoms with Crippen LogP contribution in [0, 0.1) is 0 Å². The van der Waals surface area contributed by atoms with Gasteiger partial charge >= 0.3 is 0 Å². The topological polar surface area (TPSA) is 50.7 Å². The molecule has 0 radical (unpaired) electrons. The second-order valence-electron chi connectivity index (χ2n) is 4.67. The van der Waals surface area contributed by atoms with Crippen molar-refractivity contribution in [2.45, 2.75) is 39.0 Å². The number of ether oxygens (including phenoxy) is 2. The zero-order valence-corrected chi connectivity index (χ0v) is 11.7. The summed E-state index contributed by atoms with van der Waals surface area (Å²) in [5.74, 6) is 1.30. The molecular weight excluding hydrogens is 230 g/mol. The molecule has 0 saturated heterocycles. The van der Waals surface area contributed by atoms with E-state index in [0.29, 0.717) is 17.5 Å². The van der Waals surface area contributed by atoms with Gasteiger partial charge in [-0.05, 0) is 24.6 Å². The minimum absolute atomic E-state index is 0.0249. The highest BCUT2D eigenvalue weighted by Crippen LogP contribution is 2.30. The number of methoxy groups -OCH3 is 2. The number of hydrogen-bond donors (Lipinski definition) is 2. The molecule has 2 unspecified atom stereocenters. The molecule has 1 aromatic carbocycles. The van der Waals surface area contributed by atoms with Gasteiger partial charge in [0, 0.05) is 12.1 Å². The summed E-state index contributed by atoms with van der Waals surface area (Å²) in [6.07, 6.45) is -0.577. The SMILES string of the molecule is COc1ccc(C(O)C(C)NC(C)C)cc1OC. The van der Waals surface area contributed by atoms with Gasteiger partial charge in [-0.2, -0.15) is 0 Å². The van der Waals surface area contributed by atoms with Crippen molar-refractivity contribution in [3.05, 3.63) is 23.8 Å². The van der Waals surface area contributed by atoms with Gasteiger partial charge in [-0.25, -0.2) is 0 Å². The van der Waals surface area contributed by atoms with Crippen LogP contribution in [0.25, 0.3) is 0 Å². The van der Waals surface area contributed by atoms with Gasteiger partial charge < -0.3 is 19.9 Å². The summed E-state index contributed by atoms with van der Waals surface area (Å²) in [5, 5.41) is 13.5. The molecule has 1 rings (SSSR count). The Kier molecular flexibility index (Phi) is 5.44. The summed E-state index contributed by atoms with van der Waals surface area (Å²) in [5.41, 5.74) is 0.813. The van der Waals surface area contributed by atoms with Crippen molar-refractivity contribution in [1.82, 2.24) is 5.32 Å². The Hall–Kier alpha value is -1.26. The molecule has 102 valence electrons. The maximum absolute atomic E-state index is 10.3. The molecule has 2 N–H and O–H groups in total. The normalized spacial score (nSPS) is 14.4. The zero-order valence-electron chi connectivity index (χ0n) is 11.7. The van der Waals surface area contributed by atoms with Crippen LogP contribution in [0.5, 0.6) is 11.5 Å². The first-order chi connectivity index (χ1) is 8.49. The predicted octanol–water partition coefficient (Wildman–Crippen LogP) is 2.12. The van der Waals surface area contributed by atoms with Crippen molar-refractivity contribution in [1.29, 1.82) is 0 Å². The van der Waals surface area contributed by atoms with E-state index in [1.807, 2.05) is 19.1 Å². The fraction of sp³-hybridized carbons (Fsp3) is 0.571. The fourth-order valence-corrected chi connectivity index (χ4v) is 1.94. The second kappa shape index (κ2) is 6.61. The van der Waals surface area contributed by atoms with E-state index in [9.17, 15) is 5.11 Å². The Bertz CT molecular complexity index is 379. The van der Waals surface area contributed by atoms with Gasteiger partial charge in [0.25, 0.3) is 0 Å². The third-order valence-electron chi connectivity index (χ3n) is 2.82. The Labute approximate surface area is 109 Å². The van der Waals surface area contributed by atoms with E-state index >= 15 is 0 Å². The molecule has 0 aliphatic carbocycles. The summed E-state index contributed by atoms with van der Waals surface area (Å²) in [6.45, 7) is 6.07. The van der Waals surface area contributed by atoms with Gasteiger partial charge in [-0.3, -0.25) is 0 Å². The smallest absolute Gasteiger partial charge is 0.161 e. The molecule has 0 heterocycles. The minimum atomic E-state index is -0.577. The molecule has 2 atom stereocenters. The zero-order chi connectivity index (χ0) is 13.7. The van der Waals surface area contributed by atoms with Crippen LogP contribution in [-0.4, -0.2) is 31.4 Å². The van der Waals surface area contributed by atoms with Gasteiger partial charge in [-0.1, -0.05) is 19.9 Å². The lowest BCUT2D eigenvalue weighted by Crippen LogP contribution is -2.36. The highest BCUT2D eigenvalue weighted by Gasteiger charge is 2.18. The highest BCUT2D eigenvalue weighted by atomic mass is 16.5. The van der Waals surface area contributed by atoms with Crippen molar-refractivity contribution < 1.29 is 14.6 Å². The van der Waals surface area contributed by atoms with Gasteiger partial charge in [0.05, 0.1) is 20.3 Å². The summed E-state index contributed by atoms with van der Waals surface area (Å²) >= 11 is 0. The number of aliphatic hydroxyl groups excluding tert-OH is 1. The Morgan fingerprint density at radius 2 is 1.67 bits per heavy atom. The lowest BCUT2D eigenvalue weighted by atomic mass is 10.0. The number of benzene rings is 1. The first-order valence-electron chi connectivity index (χ1n) is 6.15. The molecule has 0 amide bonds. The number of aliphatic hydroxyl groups is 1. The number of nitrogens with one attached hydrogen (secondary N) is 1. The molecule has 4 nitrogen and oxygen atoms in total. The Morgan fingerprint density at radius 1 is 1.06 bits per heavy atom. The van der Waals surface area contributed by atoms with Gasteiger partial charge in [0.2, 0.25) is 0 Å². The van der Waals surface area contributed by atoms with Crippen molar-refractivity contribution >= 4 is 0 Å². The van der Waals surface area contributed by atoms with E-state index in [1.54, 1.807) is 20.3 Å². The van der Waals surface area contributed by atoms with Crippen LogP contribution in [0.2, 0.25) is 0 Å². The molecule has 0 aromatic heterocycles. The van der Waals surface area contributed by atoms with Gasteiger partial charge in [-0.15, -0.1) is 0 Å². The van der Waals surface area contributed by atoms with Crippen molar-refractivity contribution in [2.75, 3.05) is 14.2 Å². The van der Waals surface area contributed by atoms with Crippen LogP contribution in [0.3, 0.4) is 0 Å². The molecule has 0 spiro atoms. The van der Waals surface area contributed by atoms with Crippen LogP contribution < -0.4 is 14.8 Å². The molecule has 0 aliphatic rings.